The van der Waals surface area contributed by atoms with Gasteiger partial charge in [0.05, 0.1) is 0 Å². The van der Waals surface area contributed by atoms with E-state index in [0.29, 0.717) is 0 Å². The van der Waals surface area contributed by atoms with E-state index < -0.39 is 45.0 Å². The predicted molar refractivity (Wildman–Crippen MR) is 41.7 cm³/mol. The van der Waals surface area contributed by atoms with Crippen molar-refractivity contribution in [3.05, 3.63) is 0 Å². The van der Waals surface area contributed by atoms with Crippen molar-refractivity contribution in [1.29, 1.82) is 0 Å². The van der Waals surface area contributed by atoms with Crippen molar-refractivity contribution in [3.8, 4) is 0 Å². The number of aliphatic hydroxyl groups is 1. The average Bonchev–Trinajstić information content (AvgIpc) is 1.96. The Labute approximate surface area is 80.6 Å². The Bertz CT molecular complexity index is 380. The van der Waals surface area contributed by atoms with Crippen molar-refractivity contribution >= 4 is 20.2 Å². The number of hydrogen-bond donors (Lipinski definition) is 1. The minimum absolute atomic E-state index is 0.491. The molecule has 1 saturated heterocycles. The number of hydrogen-bond acceptors (Lipinski definition) is 8. The van der Waals surface area contributed by atoms with Gasteiger partial charge in [-0.15, -0.1) is 0 Å². The van der Waals surface area contributed by atoms with Crippen LogP contribution in [0.4, 0.5) is 0 Å². The van der Waals surface area contributed by atoms with Crippen LogP contribution in [0.2, 0.25) is 0 Å². The smallest absolute Gasteiger partial charge is 0.286 e. The Morgan fingerprint density at radius 3 is 2.43 bits per heavy atom. The summed E-state index contributed by atoms with van der Waals surface area (Å²) in [5, 5.41) is 7.52. The lowest BCUT2D eigenvalue weighted by Gasteiger charge is -2.07. The molecule has 0 spiro atoms. The summed E-state index contributed by atoms with van der Waals surface area (Å²) in [6.45, 7) is -1.15. The van der Waals surface area contributed by atoms with Crippen LogP contribution >= 0.6 is 0 Å². The Hall–Kier alpha value is -0.260. The van der Waals surface area contributed by atoms with Crippen LogP contribution in [0, 0.1) is 0 Å². The number of ether oxygens (including phenoxy) is 1. The Morgan fingerprint density at radius 2 is 1.79 bits per heavy atom. The van der Waals surface area contributed by atoms with E-state index in [1.807, 2.05) is 0 Å². The highest BCUT2D eigenvalue weighted by Gasteiger charge is 2.28. The summed E-state index contributed by atoms with van der Waals surface area (Å²) in [4.78, 5) is 0. The fourth-order valence-electron chi connectivity index (χ4n) is 0.692. The molecule has 0 aromatic rings. The van der Waals surface area contributed by atoms with Crippen LogP contribution in [0.1, 0.15) is 0 Å². The van der Waals surface area contributed by atoms with Crippen LogP contribution in [-0.2, 0) is 33.3 Å². The standard InChI is InChI=1S/C4H8O8S2/c5-4-1-10-2-11-13(6,7)3-14(8,9)12-4/h4-5H,1-3H2. The lowest BCUT2D eigenvalue weighted by molar-refractivity contribution is -0.0964. The summed E-state index contributed by atoms with van der Waals surface area (Å²) < 4.78 is 56.1. The Morgan fingerprint density at radius 1 is 1.14 bits per heavy atom. The highest BCUT2D eigenvalue weighted by Crippen LogP contribution is 2.08. The van der Waals surface area contributed by atoms with Gasteiger partial charge in [-0.25, -0.2) is 8.37 Å². The summed E-state index contributed by atoms with van der Waals surface area (Å²) in [6.07, 6.45) is -1.73. The lowest BCUT2D eigenvalue weighted by atomic mass is 10.7. The molecular formula is C4H8O8S2. The van der Waals surface area contributed by atoms with Crippen molar-refractivity contribution in [2.45, 2.75) is 6.29 Å². The van der Waals surface area contributed by atoms with E-state index >= 15 is 0 Å². The van der Waals surface area contributed by atoms with Crippen LogP contribution in [0.25, 0.3) is 0 Å². The van der Waals surface area contributed by atoms with Gasteiger partial charge in [-0.05, 0) is 0 Å². The van der Waals surface area contributed by atoms with Crippen molar-refractivity contribution in [1.82, 2.24) is 0 Å². The highest BCUT2D eigenvalue weighted by atomic mass is 32.3. The third-order valence-electron chi connectivity index (χ3n) is 1.12. The average molecular weight is 248 g/mol. The second kappa shape index (κ2) is 4.08. The van der Waals surface area contributed by atoms with E-state index in [9.17, 15) is 16.8 Å². The molecular weight excluding hydrogens is 240 g/mol. The molecule has 1 fully saturated rings. The molecule has 14 heavy (non-hydrogen) atoms. The zero-order valence-electron chi connectivity index (χ0n) is 6.82. The van der Waals surface area contributed by atoms with Crippen LogP contribution in [0.3, 0.4) is 0 Å². The normalized spacial score (nSPS) is 32.5. The zero-order chi connectivity index (χ0) is 10.8. The van der Waals surface area contributed by atoms with E-state index in [2.05, 4.69) is 13.1 Å². The van der Waals surface area contributed by atoms with Gasteiger partial charge in [-0.2, -0.15) is 16.8 Å². The van der Waals surface area contributed by atoms with Gasteiger partial charge in [-0.3, -0.25) is 0 Å². The molecule has 10 heteroatoms. The topological polar surface area (TPSA) is 116 Å². The van der Waals surface area contributed by atoms with Crippen molar-refractivity contribution in [3.63, 3.8) is 0 Å². The first-order valence-corrected chi connectivity index (χ1v) is 6.50. The van der Waals surface area contributed by atoms with Crippen LogP contribution in [0.5, 0.6) is 0 Å². The molecule has 1 atom stereocenters. The highest BCUT2D eigenvalue weighted by molar-refractivity contribution is 8.03. The van der Waals surface area contributed by atoms with Gasteiger partial charge in [0.2, 0.25) is 5.08 Å². The largest absolute Gasteiger partial charge is 0.365 e. The van der Waals surface area contributed by atoms with Gasteiger partial charge in [0.15, 0.2) is 13.1 Å². The molecule has 0 bridgehead atoms. The maximum atomic E-state index is 10.9. The molecule has 8 nitrogen and oxygen atoms in total. The molecule has 0 aliphatic carbocycles. The SMILES string of the molecule is O=S1(=O)CS(=O)(=O)OC(O)COCO1. The van der Waals surface area contributed by atoms with Crippen molar-refractivity contribution in [2.24, 2.45) is 0 Å². The molecule has 1 heterocycles. The number of rotatable bonds is 0. The fourth-order valence-corrected chi connectivity index (χ4v) is 3.21. The second-order valence-electron chi connectivity index (χ2n) is 2.39. The molecule has 0 aromatic carbocycles. The quantitative estimate of drug-likeness (QED) is 0.486. The van der Waals surface area contributed by atoms with Gasteiger partial charge in [-0.1, -0.05) is 0 Å². The van der Waals surface area contributed by atoms with Crippen LogP contribution in [0.15, 0.2) is 0 Å². The van der Waals surface area contributed by atoms with Crippen LogP contribution < -0.4 is 0 Å². The summed E-state index contributed by atoms with van der Waals surface area (Å²) in [5.74, 6) is 0. The first kappa shape index (κ1) is 11.8. The molecule has 0 saturated carbocycles. The molecule has 0 amide bonds. The van der Waals surface area contributed by atoms with E-state index in [4.69, 9.17) is 5.11 Å². The third-order valence-corrected chi connectivity index (χ3v) is 4.40. The Kier molecular flexibility index (Phi) is 3.44. The summed E-state index contributed by atoms with van der Waals surface area (Å²) >= 11 is 0. The molecule has 1 unspecified atom stereocenters. The second-order valence-corrected chi connectivity index (χ2v) is 5.99. The molecule has 0 radical (unpaired) electrons. The van der Waals surface area contributed by atoms with Gasteiger partial charge in [0.1, 0.15) is 6.61 Å². The first-order valence-electron chi connectivity index (χ1n) is 3.35. The molecule has 1 N–H and O–H groups in total. The van der Waals surface area contributed by atoms with Crippen LogP contribution in [-0.4, -0.2) is 46.7 Å². The molecule has 1 rings (SSSR count). The van der Waals surface area contributed by atoms with Crippen molar-refractivity contribution in [2.75, 3.05) is 18.5 Å². The van der Waals surface area contributed by atoms with Crippen molar-refractivity contribution < 1.29 is 35.0 Å². The van der Waals surface area contributed by atoms with Gasteiger partial charge in [0, 0.05) is 0 Å². The summed E-state index contributed by atoms with van der Waals surface area (Å²) in [7, 11) is -8.61. The van der Waals surface area contributed by atoms with Gasteiger partial charge >= 0.3 is 0 Å². The van der Waals surface area contributed by atoms with E-state index in [-0.39, 0.29) is 0 Å². The monoisotopic (exact) mass is 248 g/mol. The zero-order valence-corrected chi connectivity index (χ0v) is 8.45. The van der Waals surface area contributed by atoms with Gasteiger partial charge in [0.25, 0.3) is 20.2 Å². The Balaban J connectivity index is 2.89. The first-order chi connectivity index (χ1) is 6.31. The van der Waals surface area contributed by atoms with E-state index in [0.717, 1.165) is 0 Å². The third kappa shape index (κ3) is 3.86. The molecule has 84 valence electrons. The molecule has 0 aromatic heterocycles. The van der Waals surface area contributed by atoms with E-state index in [1.165, 1.54) is 0 Å². The van der Waals surface area contributed by atoms with Gasteiger partial charge < -0.3 is 9.84 Å². The number of aliphatic hydroxyl groups excluding tert-OH is 1. The maximum absolute atomic E-state index is 10.9. The summed E-state index contributed by atoms with van der Waals surface area (Å²) in [6, 6.07) is 0. The minimum Gasteiger partial charge on any atom is -0.365 e. The molecule has 1 aliphatic heterocycles. The maximum Gasteiger partial charge on any atom is 0.286 e. The predicted octanol–water partition coefficient (Wildman–Crippen LogP) is -2.06. The van der Waals surface area contributed by atoms with E-state index in [1.54, 1.807) is 0 Å². The minimum atomic E-state index is -4.37. The lowest BCUT2D eigenvalue weighted by Crippen LogP contribution is -2.25. The fraction of sp³-hybridized carbons (Fsp3) is 1.00. The molecule has 1 aliphatic rings. The summed E-state index contributed by atoms with van der Waals surface area (Å²) in [5.41, 5.74) is 0.